The van der Waals surface area contributed by atoms with Crippen molar-refractivity contribution >= 4 is 21.8 Å². The van der Waals surface area contributed by atoms with Crippen LogP contribution in [0.5, 0.6) is 5.75 Å². The number of benzene rings is 1. The predicted octanol–water partition coefficient (Wildman–Crippen LogP) is 1.88. The molecule has 0 radical (unpaired) electrons. The minimum absolute atomic E-state index is 0.0759. The molecule has 0 saturated carbocycles. The van der Waals surface area contributed by atoms with Crippen molar-refractivity contribution in [1.82, 2.24) is 5.32 Å². The van der Waals surface area contributed by atoms with Gasteiger partial charge in [-0.2, -0.15) is 0 Å². The SMILES string of the molecule is Cc1ccc(Br)c2c1OCCNC2=O. The summed E-state index contributed by atoms with van der Waals surface area (Å²) in [5.41, 5.74) is 1.59. The van der Waals surface area contributed by atoms with Crippen molar-refractivity contribution in [2.45, 2.75) is 6.92 Å². The Labute approximate surface area is 90.6 Å². The van der Waals surface area contributed by atoms with Crippen LogP contribution >= 0.6 is 15.9 Å². The Morgan fingerprint density at radius 3 is 3.07 bits per heavy atom. The van der Waals surface area contributed by atoms with Gasteiger partial charge in [-0.05, 0) is 34.5 Å². The van der Waals surface area contributed by atoms with Gasteiger partial charge < -0.3 is 10.1 Å². The Balaban J connectivity index is 2.62. The molecule has 3 nitrogen and oxygen atoms in total. The number of halogens is 1. The van der Waals surface area contributed by atoms with Crippen molar-refractivity contribution in [2.24, 2.45) is 0 Å². The number of amides is 1. The molecule has 0 aliphatic carbocycles. The van der Waals surface area contributed by atoms with Crippen molar-refractivity contribution < 1.29 is 9.53 Å². The molecule has 14 heavy (non-hydrogen) atoms. The molecule has 1 N–H and O–H groups in total. The smallest absolute Gasteiger partial charge is 0.256 e. The largest absolute Gasteiger partial charge is 0.491 e. The van der Waals surface area contributed by atoms with Crippen LogP contribution in [0.2, 0.25) is 0 Å². The van der Waals surface area contributed by atoms with Gasteiger partial charge in [0.1, 0.15) is 12.4 Å². The standard InChI is InChI=1S/C10H10BrNO2/c1-6-2-3-7(11)8-9(6)14-5-4-12-10(8)13/h2-3H,4-5H2,1H3,(H,12,13). The lowest BCUT2D eigenvalue weighted by Gasteiger charge is -2.09. The molecule has 0 bridgehead atoms. The minimum atomic E-state index is -0.0759. The number of carbonyl (C=O) groups is 1. The maximum absolute atomic E-state index is 11.7. The molecular weight excluding hydrogens is 246 g/mol. The lowest BCUT2D eigenvalue weighted by Crippen LogP contribution is -2.24. The molecular formula is C10H10BrNO2. The summed E-state index contributed by atoms with van der Waals surface area (Å²) in [7, 11) is 0. The van der Waals surface area contributed by atoms with Crippen molar-refractivity contribution in [2.75, 3.05) is 13.2 Å². The highest BCUT2D eigenvalue weighted by Gasteiger charge is 2.20. The molecule has 0 spiro atoms. The highest BCUT2D eigenvalue weighted by molar-refractivity contribution is 9.10. The molecule has 0 unspecified atom stereocenters. The van der Waals surface area contributed by atoms with Crippen LogP contribution in [-0.4, -0.2) is 19.1 Å². The topological polar surface area (TPSA) is 38.3 Å². The number of hydrogen-bond donors (Lipinski definition) is 1. The van der Waals surface area contributed by atoms with E-state index in [-0.39, 0.29) is 5.91 Å². The normalized spacial score (nSPS) is 15.1. The zero-order valence-electron chi connectivity index (χ0n) is 7.76. The number of carbonyl (C=O) groups excluding carboxylic acids is 1. The van der Waals surface area contributed by atoms with Crippen LogP contribution in [0.15, 0.2) is 16.6 Å². The van der Waals surface area contributed by atoms with Crippen molar-refractivity contribution in [3.05, 3.63) is 27.7 Å². The van der Waals surface area contributed by atoms with Gasteiger partial charge in [-0.3, -0.25) is 4.79 Å². The van der Waals surface area contributed by atoms with E-state index in [0.29, 0.717) is 24.5 Å². The van der Waals surface area contributed by atoms with Crippen LogP contribution in [0.3, 0.4) is 0 Å². The first-order valence-electron chi connectivity index (χ1n) is 4.40. The van der Waals surface area contributed by atoms with Crippen LogP contribution in [0, 0.1) is 6.92 Å². The fourth-order valence-corrected chi connectivity index (χ4v) is 1.96. The van der Waals surface area contributed by atoms with Crippen LogP contribution in [0.4, 0.5) is 0 Å². The zero-order valence-corrected chi connectivity index (χ0v) is 9.35. The maximum atomic E-state index is 11.7. The molecule has 74 valence electrons. The summed E-state index contributed by atoms with van der Waals surface area (Å²) in [6.45, 7) is 3.01. The second-order valence-electron chi connectivity index (χ2n) is 3.17. The van der Waals surface area contributed by atoms with Crippen LogP contribution < -0.4 is 10.1 Å². The number of hydrogen-bond acceptors (Lipinski definition) is 2. The number of ether oxygens (including phenoxy) is 1. The van der Waals surface area contributed by atoms with E-state index in [1.165, 1.54) is 0 Å². The Morgan fingerprint density at radius 2 is 2.29 bits per heavy atom. The molecule has 0 atom stereocenters. The van der Waals surface area contributed by atoms with Gasteiger partial charge in [0.25, 0.3) is 5.91 Å². The minimum Gasteiger partial charge on any atom is -0.491 e. The summed E-state index contributed by atoms with van der Waals surface area (Å²) in [5, 5.41) is 2.77. The van der Waals surface area contributed by atoms with Crippen LogP contribution in [0.25, 0.3) is 0 Å². The quantitative estimate of drug-likeness (QED) is 0.769. The van der Waals surface area contributed by atoms with E-state index in [0.717, 1.165) is 10.0 Å². The van der Waals surface area contributed by atoms with Gasteiger partial charge in [0, 0.05) is 4.47 Å². The highest BCUT2D eigenvalue weighted by atomic mass is 79.9. The average molecular weight is 256 g/mol. The van der Waals surface area contributed by atoms with E-state index in [1.54, 1.807) is 0 Å². The molecule has 1 aliphatic rings. The van der Waals surface area contributed by atoms with Gasteiger partial charge in [-0.15, -0.1) is 0 Å². The molecule has 0 saturated heterocycles. The van der Waals surface area contributed by atoms with Gasteiger partial charge in [-0.1, -0.05) is 6.07 Å². The van der Waals surface area contributed by atoms with Gasteiger partial charge in [-0.25, -0.2) is 0 Å². The summed E-state index contributed by atoms with van der Waals surface area (Å²) < 4.78 is 6.29. The molecule has 1 aliphatic heterocycles. The highest BCUT2D eigenvalue weighted by Crippen LogP contribution is 2.31. The van der Waals surface area contributed by atoms with Gasteiger partial charge in [0.2, 0.25) is 0 Å². The molecule has 1 aromatic carbocycles. The van der Waals surface area contributed by atoms with E-state index in [1.807, 2.05) is 19.1 Å². The zero-order chi connectivity index (χ0) is 10.1. The first-order valence-corrected chi connectivity index (χ1v) is 5.19. The van der Waals surface area contributed by atoms with E-state index < -0.39 is 0 Å². The van der Waals surface area contributed by atoms with Crippen molar-refractivity contribution in [1.29, 1.82) is 0 Å². The summed E-state index contributed by atoms with van der Waals surface area (Å²) in [4.78, 5) is 11.7. The van der Waals surface area contributed by atoms with E-state index in [9.17, 15) is 4.79 Å². The Morgan fingerprint density at radius 1 is 1.50 bits per heavy atom. The molecule has 0 fully saturated rings. The lowest BCUT2D eigenvalue weighted by molar-refractivity contribution is 0.0956. The summed E-state index contributed by atoms with van der Waals surface area (Å²) in [6.07, 6.45) is 0. The number of nitrogens with one attached hydrogen (secondary N) is 1. The molecule has 4 heteroatoms. The summed E-state index contributed by atoms with van der Waals surface area (Å²) in [5.74, 6) is 0.613. The Bertz CT molecular complexity index is 390. The third-order valence-electron chi connectivity index (χ3n) is 2.16. The molecule has 0 aromatic heterocycles. The number of rotatable bonds is 0. The molecule has 1 aromatic rings. The second-order valence-corrected chi connectivity index (χ2v) is 4.03. The van der Waals surface area contributed by atoms with E-state index in [4.69, 9.17) is 4.74 Å². The van der Waals surface area contributed by atoms with Gasteiger partial charge in [0.15, 0.2) is 0 Å². The fourth-order valence-electron chi connectivity index (χ4n) is 1.47. The average Bonchev–Trinajstić information content (AvgIpc) is 2.35. The van der Waals surface area contributed by atoms with Gasteiger partial charge >= 0.3 is 0 Å². The number of aryl methyl sites for hydroxylation is 1. The van der Waals surface area contributed by atoms with Crippen molar-refractivity contribution in [3.8, 4) is 5.75 Å². The van der Waals surface area contributed by atoms with Gasteiger partial charge in [0.05, 0.1) is 12.1 Å². The van der Waals surface area contributed by atoms with E-state index in [2.05, 4.69) is 21.2 Å². The third-order valence-corrected chi connectivity index (χ3v) is 2.83. The molecule has 2 rings (SSSR count). The summed E-state index contributed by atoms with van der Waals surface area (Å²) >= 11 is 3.35. The fraction of sp³-hybridized carbons (Fsp3) is 0.300. The summed E-state index contributed by atoms with van der Waals surface area (Å²) in [6, 6.07) is 3.80. The third kappa shape index (κ3) is 1.50. The first kappa shape index (κ1) is 9.52. The van der Waals surface area contributed by atoms with Crippen molar-refractivity contribution in [3.63, 3.8) is 0 Å². The molecule has 1 heterocycles. The Kier molecular flexibility index (Phi) is 2.46. The van der Waals surface area contributed by atoms with Crippen LogP contribution in [-0.2, 0) is 0 Å². The Hall–Kier alpha value is -1.03. The predicted molar refractivity (Wildman–Crippen MR) is 56.7 cm³/mol. The molecule has 1 amide bonds. The monoisotopic (exact) mass is 255 g/mol. The lowest BCUT2D eigenvalue weighted by atomic mass is 10.1. The van der Waals surface area contributed by atoms with E-state index >= 15 is 0 Å². The number of fused-ring (bicyclic) bond motifs is 1. The van der Waals surface area contributed by atoms with Crippen LogP contribution in [0.1, 0.15) is 15.9 Å². The first-order chi connectivity index (χ1) is 6.70. The second kappa shape index (κ2) is 3.61. The maximum Gasteiger partial charge on any atom is 0.256 e.